The molecule has 0 atom stereocenters. The molecule has 3 heterocycles. The molecular weight excluding hydrogens is 320 g/mol. The van der Waals surface area contributed by atoms with Crippen LogP contribution in [0.4, 0.5) is 5.13 Å². The predicted molar refractivity (Wildman–Crippen MR) is 99.5 cm³/mol. The van der Waals surface area contributed by atoms with Crippen LogP contribution in [0, 0.1) is 5.41 Å². The van der Waals surface area contributed by atoms with Gasteiger partial charge in [-0.3, -0.25) is 0 Å². The monoisotopic (exact) mass is 348 g/mol. The van der Waals surface area contributed by atoms with Crippen molar-refractivity contribution in [1.29, 1.82) is 0 Å². The number of thiazole rings is 1. The van der Waals surface area contributed by atoms with E-state index in [1.165, 1.54) is 24.1 Å². The first-order valence-electron chi connectivity index (χ1n) is 8.91. The Morgan fingerprint density at radius 3 is 2.75 bits per heavy atom. The summed E-state index contributed by atoms with van der Waals surface area (Å²) in [6.45, 7) is 7.63. The molecule has 1 aliphatic rings. The summed E-state index contributed by atoms with van der Waals surface area (Å²) in [7, 11) is 0. The minimum absolute atomic E-state index is 0.00728. The highest BCUT2D eigenvalue weighted by Crippen LogP contribution is 2.32. The molecule has 0 aromatic carbocycles. The summed E-state index contributed by atoms with van der Waals surface area (Å²) in [4.78, 5) is 12.6. The number of aliphatic hydroxyl groups is 1. The number of nitrogens with zero attached hydrogens (tertiary/aromatic N) is 4. The van der Waals surface area contributed by atoms with Crippen LogP contribution >= 0.6 is 11.3 Å². The largest absolute Gasteiger partial charge is 0.396 e. The Hall–Kier alpha value is -1.40. The zero-order chi connectivity index (χ0) is 17.0. The van der Waals surface area contributed by atoms with E-state index in [4.69, 9.17) is 0 Å². The second-order valence-corrected chi connectivity index (χ2v) is 8.46. The van der Waals surface area contributed by atoms with Crippen molar-refractivity contribution in [1.82, 2.24) is 14.5 Å². The average molecular weight is 349 g/mol. The Bertz CT molecular complexity index is 643. The Labute approximate surface area is 148 Å². The van der Waals surface area contributed by atoms with Gasteiger partial charge in [-0.05, 0) is 37.5 Å². The highest BCUT2D eigenvalue weighted by atomic mass is 32.1. The van der Waals surface area contributed by atoms with Crippen molar-refractivity contribution in [3.63, 3.8) is 0 Å². The van der Waals surface area contributed by atoms with Gasteiger partial charge < -0.3 is 14.6 Å². The number of aliphatic hydroxyl groups excluding tert-OH is 1. The lowest BCUT2D eigenvalue weighted by atomic mass is 9.89. The van der Waals surface area contributed by atoms with Gasteiger partial charge in [-0.2, -0.15) is 0 Å². The second kappa shape index (κ2) is 7.66. The molecule has 3 rings (SSSR count). The molecule has 5 nitrogen and oxygen atoms in total. The number of hydrogen-bond donors (Lipinski definition) is 1. The molecule has 132 valence electrons. The zero-order valence-electron chi connectivity index (χ0n) is 14.7. The first kappa shape index (κ1) is 17.4. The van der Waals surface area contributed by atoms with Gasteiger partial charge in [0.15, 0.2) is 5.13 Å². The highest BCUT2D eigenvalue weighted by Gasteiger charge is 2.18. The maximum atomic E-state index is 9.38. The molecule has 0 radical (unpaired) electrons. The van der Waals surface area contributed by atoms with E-state index in [1.54, 1.807) is 11.3 Å². The first-order chi connectivity index (χ1) is 11.6. The van der Waals surface area contributed by atoms with Crippen molar-refractivity contribution in [2.75, 3.05) is 24.6 Å². The van der Waals surface area contributed by atoms with Crippen LogP contribution in [-0.4, -0.2) is 39.3 Å². The molecule has 1 saturated heterocycles. The molecule has 2 aromatic heterocycles. The fourth-order valence-corrected chi connectivity index (χ4v) is 4.12. The van der Waals surface area contributed by atoms with Gasteiger partial charge in [0.25, 0.3) is 0 Å². The van der Waals surface area contributed by atoms with Gasteiger partial charge in [-0.25, -0.2) is 9.97 Å². The SMILES string of the molecule is CC(C)(CO)CCCn1cncc1-c1cnc(N2CCCCC2)s1. The van der Waals surface area contributed by atoms with E-state index in [0.29, 0.717) is 0 Å². The lowest BCUT2D eigenvalue weighted by molar-refractivity contribution is 0.146. The van der Waals surface area contributed by atoms with Gasteiger partial charge >= 0.3 is 0 Å². The predicted octanol–water partition coefficient (Wildman–Crippen LogP) is 3.80. The summed E-state index contributed by atoms with van der Waals surface area (Å²) >= 11 is 1.77. The number of aromatic nitrogens is 3. The summed E-state index contributed by atoms with van der Waals surface area (Å²) in [5.74, 6) is 0. The fraction of sp³-hybridized carbons (Fsp3) is 0.667. The van der Waals surface area contributed by atoms with Crippen molar-refractivity contribution in [3.8, 4) is 10.6 Å². The Morgan fingerprint density at radius 2 is 2.00 bits per heavy atom. The number of anilines is 1. The van der Waals surface area contributed by atoms with Crippen LogP contribution in [0.15, 0.2) is 18.7 Å². The van der Waals surface area contributed by atoms with E-state index in [1.807, 2.05) is 18.7 Å². The van der Waals surface area contributed by atoms with E-state index in [0.717, 1.165) is 43.3 Å². The van der Waals surface area contributed by atoms with E-state index < -0.39 is 0 Å². The number of aryl methyl sites for hydroxylation is 1. The van der Waals surface area contributed by atoms with E-state index in [2.05, 4.69) is 33.3 Å². The molecule has 1 N–H and O–H groups in total. The van der Waals surface area contributed by atoms with Gasteiger partial charge in [-0.15, -0.1) is 0 Å². The van der Waals surface area contributed by atoms with Crippen LogP contribution in [0.25, 0.3) is 10.6 Å². The minimum Gasteiger partial charge on any atom is -0.396 e. The molecule has 24 heavy (non-hydrogen) atoms. The van der Waals surface area contributed by atoms with Crippen molar-refractivity contribution in [3.05, 3.63) is 18.7 Å². The quantitative estimate of drug-likeness (QED) is 0.827. The number of hydrogen-bond acceptors (Lipinski definition) is 5. The van der Waals surface area contributed by atoms with Crippen LogP contribution < -0.4 is 4.90 Å². The Kier molecular flexibility index (Phi) is 5.56. The maximum absolute atomic E-state index is 9.38. The van der Waals surface area contributed by atoms with Crippen LogP contribution in [-0.2, 0) is 6.54 Å². The first-order valence-corrected chi connectivity index (χ1v) is 9.73. The molecule has 0 bridgehead atoms. The fourth-order valence-electron chi connectivity index (χ4n) is 3.13. The molecule has 0 unspecified atom stereocenters. The number of piperidine rings is 1. The summed E-state index contributed by atoms with van der Waals surface area (Å²) in [6, 6.07) is 0. The minimum atomic E-state index is -0.00728. The molecule has 6 heteroatoms. The third-order valence-electron chi connectivity index (χ3n) is 4.77. The number of rotatable bonds is 7. The molecule has 1 fully saturated rings. The Morgan fingerprint density at radius 1 is 1.21 bits per heavy atom. The lowest BCUT2D eigenvalue weighted by Crippen LogP contribution is -2.29. The van der Waals surface area contributed by atoms with Crippen LogP contribution in [0.2, 0.25) is 0 Å². The molecule has 0 saturated carbocycles. The van der Waals surface area contributed by atoms with Crippen LogP contribution in [0.5, 0.6) is 0 Å². The van der Waals surface area contributed by atoms with Crippen molar-refractivity contribution >= 4 is 16.5 Å². The zero-order valence-corrected chi connectivity index (χ0v) is 15.6. The third-order valence-corrected chi connectivity index (χ3v) is 5.85. The van der Waals surface area contributed by atoms with Gasteiger partial charge in [0.1, 0.15) is 0 Å². The standard InChI is InChI=1S/C18H28N4OS/c1-18(2,13-23)7-6-10-22-14-19-11-15(22)16-12-20-17(24-16)21-8-4-3-5-9-21/h11-12,14,23H,3-10,13H2,1-2H3. The van der Waals surface area contributed by atoms with Gasteiger partial charge in [-0.1, -0.05) is 25.2 Å². The summed E-state index contributed by atoms with van der Waals surface area (Å²) in [5.41, 5.74) is 1.14. The van der Waals surface area contributed by atoms with Crippen molar-refractivity contribution in [2.45, 2.75) is 52.5 Å². The molecule has 1 aliphatic heterocycles. The van der Waals surface area contributed by atoms with E-state index >= 15 is 0 Å². The average Bonchev–Trinajstić information content (AvgIpc) is 3.24. The molecule has 2 aromatic rings. The number of imidazole rings is 1. The van der Waals surface area contributed by atoms with Crippen LogP contribution in [0.3, 0.4) is 0 Å². The van der Waals surface area contributed by atoms with Gasteiger partial charge in [0.2, 0.25) is 0 Å². The topological polar surface area (TPSA) is 54.2 Å². The smallest absolute Gasteiger partial charge is 0.185 e. The van der Waals surface area contributed by atoms with E-state index in [9.17, 15) is 5.11 Å². The second-order valence-electron chi connectivity index (χ2n) is 7.45. The van der Waals surface area contributed by atoms with Gasteiger partial charge in [0, 0.05) is 32.4 Å². The summed E-state index contributed by atoms with van der Waals surface area (Å²) in [6.07, 6.45) is 11.7. The summed E-state index contributed by atoms with van der Waals surface area (Å²) in [5, 5.41) is 10.5. The van der Waals surface area contributed by atoms with E-state index in [-0.39, 0.29) is 12.0 Å². The molecule has 0 spiro atoms. The molecular formula is C18H28N4OS. The Balaban J connectivity index is 1.65. The highest BCUT2D eigenvalue weighted by molar-refractivity contribution is 7.18. The molecule has 0 aliphatic carbocycles. The van der Waals surface area contributed by atoms with Crippen LogP contribution in [0.1, 0.15) is 46.0 Å². The van der Waals surface area contributed by atoms with Gasteiger partial charge in [0.05, 0.1) is 23.1 Å². The normalized spacial score (nSPS) is 15.9. The summed E-state index contributed by atoms with van der Waals surface area (Å²) < 4.78 is 2.21. The third kappa shape index (κ3) is 4.16. The lowest BCUT2D eigenvalue weighted by Gasteiger charge is -2.25. The van der Waals surface area contributed by atoms with Crippen molar-refractivity contribution < 1.29 is 5.11 Å². The maximum Gasteiger partial charge on any atom is 0.185 e. The van der Waals surface area contributed by atoms with Crippen molar-refractivity contribution in [2.24, 2.45) is 5.41 Å². The molecule has 0 amide bonds.